The molecule has 0 aromatic heterocycles. The fraction of sp³-hybridized carbons (Fsp3) is 0.364. The van der Waals surface area contributed by atoms with Crippen molar-refractivity contribution in [1.29, 1.82) is 0 Å². The standard InChI is InChI=1S/2C22H25ClN4O2/c2*1-15-13-17-5-8-19(26-9-11-29-12-10-26)14-20(17)21(25-27(15)22(28)24-2)16-3-6-18(23)7-4-16/h2*3-8,14-15H,9-13H2,1-2H3,(H,24,28)/t15-;/m0./s1. The molecule has 8 rings (SSSR count). The molecule has 4 aliphatic heterocycles. The molecule has 304 valence electrons. The smallest absolute Gasteiger partial charge is 0.337 e. The molecule has 0 bridgehead atoms. The lowest BCUT2D eigenvalue weighted by Gasteiger charge is -2.29. The van der Waals surface area contributed by atoms with Crippen molar-refractivity contribution < 1.29 is 19.1 Å². The summed E-state index contributed by atoms with van der Waals surface area (Å²) in [6.07, 6.45) is 1.46. The Kier molecular flexibility index (Phi) is 13.2. The summed E-state index contributed by atoms with van der Waals surface area (Å²) in [5.74, 6) is 0. The summed E-state index contributed by atoms with van der Waals surface area (Å²) in [6, 6.07) is 27.7. The third kappa shape index (κ3) is 9.26. The molecule has 4 aromatic carbocycles. The highest BCUT2D eigenvalue weighted by Gasteiger charge is 2.29. The molecule has 1 unspecified atom stereocenters. The highest BCUT2D eigenvalue weighted by Crippen LogP contribution is 2.31. The molecule has 58 heavy (non-hydrogen) atoms. The van der Waals surface area contributed by atoms with Gasteiger partial charge in [-0.3, -0.25) is 0 Å². The third-order valence-corrected chi connectivity index (χ3v) is 11.3. The van der Waals surface area contributed by atoms with Crippen LogP contribution in [0.5, 0.6) is 0 Å². The highest BCUT2D eigenvalue weighted by molar-refractivity contribution is 6.31. The van der Waals surface area contributed by atoms with Gasteiger partial charge in [-0.25, -0.2) is 19.6 Å². The van der Waals surface area contributed by atoms with E-state index in [4.69, 9.17) is 42.9 Å². The number of hydrogen-bond donors (Lipinski definition) is 2. The lowest BCUT2D eigenvalue weighted by Crippen LogP contribution is -2.41. The van der Waals surface area contributed by atoms with Crippen molar-refractivity contribution in [3.05, 3.63) is 128 Å². The molecule has 4 aromatic rings. The summed E-state index contributed by atoms with van der Waals surface area (Å²) in [5.41, 5.74) is 10.2. The largest absolute Gasteiger partial charge is 0.378 e. The Labute approximate surface area is 350 Å². The number of amides is 4. The number of fused-ring (bicyclic) bond motifs is 2. The minimum Gasteiger partial charge on any atom is -0.378 e. The van der Waals surface area contributed by atoms with Crippen molar-refractivity contribution in [1.82, 2.24) is 20.7 Å². The summed E-state index contributed by atoms with van der Waals surface area (Å²) < 4.78 is 11.0. The van der Waals surface area contributed by atoms with Crippen LogP contribution >= 0.6 is 23.2 Å². The van der Waals surface area contributed by atoms with Crippen LogP contribution in [0, 0.1) is 0 Å². The fourth-order valence-electron chi connectivity index (χ4n) is 7.65. The summed E-state index contributed by atoms with van der Waals surface area (Å²) in [4.78, 5) is 29.6. The second kappa shape index (κ2) is 18.6. The summed E-state index contributed by atoms with van der Waals surface area (Å²) in [5, 5.41) is 19.4. The van der Waals surface area contributed by atoms with Crippen molar-refractivity contribution in [2.45, 2.75) is 38.8 Å². The quantitative estimate of drug-likeness (QED) is 0.229. The van der Waals surface area contributed by atoms with E-state index in [2.05, 4.69) is 56.8 Å². The number of benzene rings is 4. The Bertz CT molecular complexity index is 2000. The first kappa shape index (κ1) is 41.0. The van der Waals surface area contributed by atoms with Crippen LogP contribution in [-0.4, -0.2) is 112 Å². The molecule has 2 fully saturated rings. The van der Waals surface area contributed by atoms with Crippen LogP contribution in [0.4, 0.5) is 21.0 Å². The zero-order valence-electron chi connectivity index (χ0n) is 33.4. The molecular formula is C44H50Cl2N8O4. The molecule has 2 saturated heterocycles. The Balaban J connectivity index is 0.000000177. The van der Waals surface area contributed by atoms with E-state index in [-0.39, 0.29) is 24.1 Å². The van der Waals surface area contributed by atoms with Crippen molar-refractivity contribution in [2.24, 2.45) is 10.2 Å². The number of anilines is 2. The maximum absolute atomic E-state index is 12.5. The molecule has 0 aliphatic carbocycles. The van der Waals surface area contributed by atoms with Crippen LogP contribution in [0.3, 0.4) is 0 Å². The second-order valence-corrected chi connectivity index (χ2v) is 15.6. The number of morpholine rings is 2. The number of carbonyl (C=O) groups excluding carboxylic acids is 2. The summed E-state index contributed by atoms with van der Waals surface area (Å²) >= 11 is 12.2. The fourth-order valence-corrected chi connectivity index (χ4v) is 7.91. The van der Waals surface area contributed by atoms with Crippen LogP contribution in [-0.2, 0) is 22.3 Å². The molecule has 4 amide bonds. The van der Waals surface area contributed by atoms with E-state index >= 15 is 0 Å². The van der Waals surface area contributed by atoms with Crippen LogP contribution in [0.25, 0.3) is 0 Å². The molecule has 0 saturated carbocycles. The molecule has 2 atom stereocenters. The van der Waals surface area contributed by atoms with Crippen molar-refractivity contribution >= 4 is 58.1 Å². The van der Waals surface area contributed by atoms with E-state index in [1.54, 1.807) is 24.1 Å². The Morgan fingerprint density at radius 1 is 0.586 bits per heavy atom. The second-order valence-electron chi connectivity index (χ2n) is 14.7. The first-order valence-electron chi connectivity index (χ1n) is 19.8. The van der Waals surface area contributed by atoms with Crippen molar-refractivity contribution in [3.63, 3.8) is 0 Å². The van der Waals surface area contributed by atoms with Gasteiger partial charge in [-0.15, -0.1) is 0 Å². The number of nitrogens with zero attached hydrogens (tertiary/aromatic N) is 6. The van der Waals surface area contributed by atoms with Gasteiger partial charge in [0, 0.05) is 83.9 Å². The molecular weight excluding hydrogens is 775 g/mol. The summed E-state index contributed by atoms with van der Waals surface area (Å²) in [6.45, 7) is 10.4. The van der Waals surface area contributed by atoms with Crippen LogP contribution in [0.15, 0.2) is 95.1 Å². The number of ether oxygens (including phenoxy) is 2. The molecule has 4 heterocycles. The number of halogens is 2. The number of nitrogens with one attached hydrogen (secondary N) is 2. The number of carbonyl (C=O) groups is 2. The number of urea groups is 2. The minimum absolute atomic E-state index is 0.0623. The zero-order chi connectivity index (χ0) is 40.8. The maximum atomic E-state index is 12.5. The van der Waals surface area contributed by atoms with Gasteiger partial charge in [-0.2, -0.15) is 10.2 Å². The molecule has 2 N–H and O–H groups in total. The zero-order valence-corrected chi connectivity index (χ0v) is 34.9. The Hall–Kier alpha value is -5.14. The first-order valence-corrected chi connectivity index (χ1v) is 20.5. The SMILES string of the molecule is CNC(=O)N1N=C(c2ccc(Cl)cc2)c2cc(N3CCOCC3)ccc2CC1C.CNC(=O)N1N=C(c2ccc(Cl)cc2)c2cc(N3CCOCC3)ccc2C[C@@H]1C. The van der Waals surface area contributed by atoms with E-state index in [1.807, 2.05) is 62.4 Å². The lowest BCUT2D eigenvalue weighted by molar-refractivity contribution is 0.122. The van der Waals surface area contributed by atoms with E-state index < -0.39 is 0 Å². The molecule has 4 aliphatic rings. The van der Waals surface area contributed by atoms with Gasteiger partial charge in [0.05, 0.1) is 49.9 Å². The first-order chi connectivity index (χ1) is 28.1. The summed E-state index contributed by atoms with van der Waals surface area (Å²) in [7, 11) is 3.25. The minimum atomic E-state index is -0.217. The predicted octanol–water partition coefficient (Wildman–Crippen LogP) is 7.03. The van der Waals surface area contributed by atoms with Gasteiger partial charge in [-0.05, 0) is 86.3 Å². The van der Waals surface area contributed by atoms with Gasteiger partial charge >= 0.3 is 12.1 Å². The predicted molar refractivity (Wildman–Crippen MR) is 232 cm³/mol. The topological polar surface area (TPSA) is 114 Å². The van der Waals surface area contributed by atoms with Gasteiger partial charge in [-0.1, -0.05) is 59.6 Å². The van der Waals surface area contributed by atoms with Gasteiger partial charge in [0.25, 0.3) is 0 Å². The maximum Gasteiger partial charge on any atom is 0.337 e. The number of hydrogen-bond acceptors (Lipinski definition) is 8. The molecule has 14 heteroatoms. The van der Waals surface area contributed by atoms with Crippen LogP contribution in [0.1, 0.15) is 47.2 Å². The van der Waals surface area contributed by atoms with Gasteiger partial charge < -0.3 is 29.9 Å². The average molecular weight is 826 g/mol. The van der Waals surface area contributed by atoms with Gasteiger partial charge in [0.2, 0.25) is 0 Å². The van der Waals surface area contributed by atoms with E-state index in [0.717, 1.165) is 111 Å². The van der Waals surface area contributed by atoms with Crippen LogP contribution < -0.4 is 20.4 Å². The Morgan fingerprint density at radius 3 is 1.29 bits per heavy atom. The van der Waals surface area contributed by atoms with Crippen molar-refractivity contribution in [2.75, 3.05) is 76.5 Å². The molecule has 0 spiro atoms. The molecule has 12 nitrogen and oxygen atoms in total. The third-order valence-electron chi connectivity index (χ3n) is 10.8. The number of rotatable bonds is 4. The monoisotopic (exact) mass is 824 g/mol. The van der Waals surface area contributed by atoms with Crippen LogP contribution in [0.2, 0.25) is 10.0 Å². The number of hydrazone groups is 2. The average Bonchev–Trinajstić information content (AvgIpc) is 3.50. The van der Waals surface area contributed by atoms with E-state index in [0.29, 0.717) is 10.0 Å². The van der Waals surface area contributed by atoms with Crippen molar-refractivity contribution in [3.8, 4) is 0 Å². The highest BCUT2D eigenvalue weighted by atomic mass is 35.5. The van der Waals surface area contributed by atoms with E-state index in [1.165, 1.54) is 11.1 Å². The Morgan fingerprint density at radius 2 is 0.948 bits per heavy atom. The van der Waals surface area contributed by atoms with E-state index in [9.17, 15) is 9.59 Å². The van der Waals surface area contributed by atoms with Gasteiger partial charge in [0.1, 0.15) is 0 Å². The normalized spacial score (nSPS) is 19.3. The molecule has 0 radical (unpaired) electrons. The van der Waals surface area contributed by atoms with Gasteiger partial charge in [0.15, 0.2) is 0 Å². The lowest BCUT2D eigenvalue weighted by atomic mass is 9.94.